The Balaban J connectivity index is 1.68. The molecule has 2 aliphatic rings. The molecule has 49 heavy (non-hydrogen) atoms. The molecule has 268 valence electrons. The number of hydrogen-bond donors (Lipinski definition) is 1. The second kappa shape index (κ2) is 13.6. The number of methoxy groups -OCH3 is 1. The number of amides is 2. The van der Waals surface area contributed by atoms with Crippen molar-refractivity contribution in [3.63, 3.8) is 0 Å². The molecule has 2 amide bonds. The first-order valence-electron chi connectivity index (χ1n) is 15.6. The smallest absolute Gasteiger partial charge is 0.416 e. The van der Waals surface area contributed by atoms with E-state index in [1.807, 2.05) is 13.8 Å². The average molecular weight is 699 g/mol. The van der Waals surface area contributed by atoms with Gasteiger partial charge in [0, 0.05) is 17.7 Å². The van der Waals surface area contributed by atoms with Crippen molar-refractivity contribution < 1.29 is 54.9 Å². The lowest BCUT2D eigenvalue weighted by Gasteiger charge is -2.36. The number of alkyl halides is 6. The van der Waals surface area contributed by atoms with Crippen LogP contribution < -0.4 is 10.1 Å². The summed E-state index contributed by atoms with van der Waals surface area (Å²) in [4.78, 5) is 39.7. The van der Waals surface area contributed by atoms with Crippen LogP contribution in [0.5, 0.6) is 5.75 Å². The van der Waals surface area contributed by atoms with Crippen molar-refractivity contribution in [2.75, 3.05) is 20.2 Å². The molecule has 0 spiro atoms. The summed E-state index contributed by atoms with van der Waals surface area (Å²) in [7, 11) is 1.46. The normalized spacial score (nSPS) is 19.9. The lowest BCUT2D eigenvalue weighted by Crippen LogP contribution is -2.36. The van der Waals surface area contributed by atoms with Gasteiger partial charge in [0.2, 0.25) is 0 Å². The quantitative estimate of drug-likeness (QED) is 0.220. The lowest BCUT2D eigenvalue weighted by molar-refractivity contribution is -0.153. The molecule has 14 heteroatoms. The Morgan fingerprint density at radius 3 is 2.16 bits per heavy atom. The van der Waals surface area contributed by atoms with E-state index < -0.39 is 64.8 Å². The molecule has 1 aliphatic heterocycles. The highest BCUT2D eigenvalue weighted by Crippen LogP contribution is 2.46. The fraction of sp³-hybridized carbons (Fsp3) is 0.514. The van der Waals surface area contributed by atoms with Crippen LogP contribution in [-0.4, -0.2) is 54.7 Å². The SMILES string of the molecule is COc1ccc(C(=O)NCC(=O)OC(C)(C)C)cc1C1=C(CN2C(=O)O[C@H](c3cc(C(F)(F)F)cc(C(F)(F)F)c3)[C@@H]2C)CC(C)(C)CC1. The van der Waals surface area contributed by atoms with E-state index in [0.29, 0.717) is 36.3 Å². The van der Waals surface area contributed by atoms with Crippen LogP contribution in [0, 0.1) is 5.41 Å². The van der Waals surface area contributed by atoms with Crippen molar-refractivity contribution in [3.05, 3.63) is 69.8 Å². The van der Waals surface area contributed by atoms with E-state index in [-0.39, 0.29) is 30.1 Å². The monoisotopic (exact) mass is 698 g/mol. The number of nitrogens with one attached hydrogen (secondary N) is 1. The van der Waals surface area contributed by atoms with Crippen LogP contribution in [0.1, 0.15) is 99.5 Å². The summed E-state index contributed by atoms with van der Waals surface area (Å²) in [5.74, 6) is -0.708. The van der Waals surface area contributed by atoms with Crippen molar-refractivity contribution in [3.8, 4) is 5.75 Å². The van der Waals surface area contributed by atoms with E-state index in [1.54, 1.807) is 32.9 Å². The highest BCUT2D eigenvalue weighted by molar-refractivity contribution is 5.97. The van der Waals surface area contributed by atoms with Crippen LogP contribution in [0.15, 0.2) is 42.0 Å². The Labute approximate surface area is 280 Å². The van der Waals surface area contributed by atoms with Gasteiger partial charge in [-0.25, -0.2) is 4.79 Å². The highest BCUT2D eigenvalue weighted by atomic mass is 19.4. The van der Waals surface area contributed by atoms with E-state index >= 15 is 0 Å². The highest BCUT2D eigenvalue weighted by Gasteiger charge is 2.44. The van der Waals surface area contributed by atoms with Gasteiger partial charge in [0.05, 0.1) is 24.3 Å². The third kappa shape index (κ3) is 9.07. The molecule has 1 aliphatic carbocycles. The van der Waals surface area contributed by atoms with Gasteiger partial charge in [-0.15, -0.1) is 0 Å². The van der Waals surface area contributed by atoms with E-state index in [4.69, 9.17) is 14.2 Å². The van der Waals surface area contributed by atoms with Crippen LogP contribution in [0.3, 0.4) is 0 Å². The maximum absolute atomic E-state index is 13.6. The zero-order valence-electron chi connectivity index (χ0n) is 28.3. The molecule has 4 rings (SSSR count). The maximum Gasteiger partial charge on any atom is 0.416 e. The largest absolute Gasteiger partial charge is 0.496 e. The number of hydrogen-bond acceptors (Lipinski definition) is 6. The Morgan fingerprint density at radius 1 is 1.00 bits per heavy atom. The Bertz CT molecular complexity index is 1610. The Hall–Kier alpha value is -4.23. The predicted octanol–water partition coefficient (Wildman–Crippen LogP) is 8.35. The van der Waals surface area contributed by atoms with Crippen molar-refractivity contribution >= 4 is 23.5 Å². The molecule has 1 N–H and O–H groups in total. The number of halogens is 6. The van der Waals surface area contributed by atoms with Gasteiger partial charge < -0.3 is 19.5 Å². The molecule has 1 fully saturated rings. The average Bonchev–Trinajstić information content (AvgIpc) is 3.25. The first kappa shape index (κ1) is 37.6. The zero-order chi connectivity index (χ0) is 36.7. The van der Waals surface area contributed by atoms with Crippen LogP contribution in [0.4, 0.5) is 31.1 Å². The molecule has 2 aromatic rings. The summed E-state index contributed by atoms with van der Waals surface area (Å²) < 4.78 is 97.8. The van der Waals surface area contributed by atoms with Gasteiger partial charge >= 0.3 is 24.4 Å². The van der Waals surface area contributed by atoms with Gasteiger partial charge in [-0.05, 0) is 105 Å². The molecule has 2 aromatic carbocycles. The predicted molar refractivity (Wildman–Crippen MR) is 168 cm³/mol. The standard InChI is InChI=1S/C35H40F6N2O6/c1-19-29(21-12-23(34(36,37)38)15-24(13-21)35(39,40)41)48-31(46)43(19)18-22-16-33(5,6)11-10-25(22)26-14-20(8-9-27(26)47-7)30(45)42-17-28(44)49-32(2,3)4/h8-9,12-15,19,29H,10-11,16-18H2,1-7H3,(H,42,45)/t19-,29-/m0/s1. The van der Waals surface area contributed by atoms with E-state index in [2.05, 4.69) is 5.32 Å². The van der Waals surface area contributed by atoms with Crippen LogP contribution >= 0.6 is 0 Å². The summed E-state index contributed by atoms with van der Waals surface area (Å²) in [6.07, 6.45) is -10.7. The Morgan fingerprint density at radius 2 is 1.61 bits per heavy atom. The Kier molecular flexibility index (Phi) is 10.4. The fourth-order valence-corrected chi connectivity index (χ4v) is 6.11. The summed E-state index contributed by atoms with van der Waals surface area (Å²) in [5.41, 5.74) is -2.02. The molecule has 0 aromatic heterocycles. The number of benzene rings is 2. The summed E-state index contributed by atoms with van der Waals surface area (Å²) in [6.45, 7) is 10.3. The molecule has 0 unspecified atom stereocenters. The number of ether oxygens (including phenoxy) is 3. The molecular formula is C35H40F6N2O6. The second-order valence-corrected chi connectivity index (χ2v) is 14.1. The minimum atomic E-state index is -5.06. The topological polar surface area (TPSA) is 94.2 Å². The van der Waals surface area contributed by atoms with E-state index in [1.165, 1.54) is 25.0 Å². The molecular weight excluding hydrogens is 658 g/mol. The summed E-state index contributed by atoms with van der Waals surface area (Å²) in [5, 5.41) is 2.55. The van der Waals surface area contributed by atoms with Gasteiger partial charge in [0.1, 0.15) is 24.0 Å². The second-order valence-electron chi connectivity index (χ2n) is 14.1. The van der Waals surface area contributed by atoms with Crippen molar-refractivity contribution in [1.29, 1.82) is 0 Å². The maximum atomic E-state index is 13.6. The fourth-order valence-electron chi connectivity index (χ4n) is 6.11. The van der Waals surface area contributed by atoms with Gasteiger partial charge in [-0.2, -0.15) is 26.3 Å². The van der Waals surface area contributed by atoms with Crippen LogP contribution in [0.2, 0.25) is 0 Å². The van der Waals surface area contributed by atoms with Crippen LogP contribution in [0.25, 0.3) is 5.57 Å². The van der Waals surface area contributed by atoms with Gasteiger partial charge in [0.25, 0.3) is 5.91 Å². The number of carbonyl (C=O) groups excluding carboxylic acids is 3. The van der Waals surface area contributed by atoms with Gasteiger partial charge in [-0.3, -0.25) is 14.5 Å². The molecule has 0 saturated carbocycles. The molecule has 2 atom stereocenters. The van der Waals surface area contributed by atoms with Gasteiger partial charge in [-0.1, -0.05) is 13.8 Å². The third-order valence-electron chi connectivity index (χ3n) is 8.46. The number of nitrogens with zero attached hydrogens (tertiary/aromatic N) is 1. The number of carbonyl (C=O) groups is 3. The minimum absolute atomic E-state index is 0.0292. The van der Waals surface area contributed by atoms with Crippen molar-refractivity contribution in [2.45, 2.75) is 90.9 Å². The number of rotatable bonds is 8. The first-order valence-corrected chi connectivity index (χ1v) is 15.6. The van der Waals surface area contributed by atoms with Crippen molar-refractivity contribution in [1.82, 2.24) is 10.2 Å². The summed E-state index contributed by atoms with van der Waals surface area (Å²) in [6, 6.07) is 5.02. The first-order chi connectivity index (χ1) is 22.5. The minimum Gasteiger partial charge on any atom is -0.496 e. The molecule has 0 bridgehead atoms. The number of cyclic esters (lactones) is 1. The molecule has 8 nitrogen and oxygen atoms in total. The van der Waals surface area contributed by atoms with Crippen molar-refractivity contribution in [2.24, 2.45) is 5.41 Å². The van der Waals surface area contributed by atoms with E-state index in [9.17, 15) is 40.7 Å². The third-order valence-corrected chi connectivity index (χ3v) is 8.46. The number of allylic oxidation sites excluding steroid dienone is 1. The number of esters is 1. The van der Waals surface area contributed by atoms with Crippen LogP contribution in [-0.2, 0) is 26.6 Å². The molecule has 0 radical (unpaired) electrons. The summed E-state index contributed by atoms with van der Waals surface area (Å²) >= 11 is 0. The molecule has 1 heterocycles. The van der Waals surface area contributed by atoms with E-state index in [0.717, 1.165) is 17.6 Å². The van der Waals surface area contributed by atoms with Gasteiger partial charge in [0.15, 0.2) is 0 Å². The molecule has 1 saturated heterocycles. The lowest BCUT2D eigenvalue weighted by atomic mass is 9.72. The zero-order valence-corrected chi connectivity index (χ0v) is 28.3.